The lowest BCUT2D eigenvalue weighted by Crippen LogP contribution is -2.46. The maximum atomic E-state index is 6.30. The van der Waals surface area contributed by atoms with Gasteiger partial charge >= 0.3 is 0 Å². The molecule has 0 saturated carbocycles. The van der Waals surface area contributed by atoms with Crippen LogP contribution in [0.25, 0.3) is 0 Å². The van der Waals surface area contributed by atoms with Gasteiger partial charge in [0.25, 0.3) is 0 Å². The maximum absolute atomic E-state index is 6.30. The Bertz CT molecular complexity index is 305. The molecule has 0 aromatic rings. The summed E-state index contributed by atoms with van der Waals surface area (Å²) in [6.07, 6.45) is 5.43. The molecule has 1 heteroatoms. The highest BCUT2D eigenvalue weighted by Crippen LogP contribution is 2.48. The van der Waals surface area contributed by atoms with Crippen molar-refractivity contribution in [2.45, 2.75) is 54.0 Å². The Balaban J connectivity index is 3.33. The molecule has 0 aliphatic heterocycles. The van der Waals surface area contributed by atoms with E-state index in [4.69, 9.17) is 5.73 Å². The molecule has 1 atom stereocenters. The Kier molecular flexibility index (Phi) is 3.16. The first kappa shape index (κ1) is 12.5. The predicted molar refractivity (Wildman–Crippen MR) is 67.7 cm³/mol. The summed E-state index contributed by atoms with van der Waals surface area (Å²) in [5.41, 5.74) is 9.56. The van der Waals surface area contributed by atoms with Gasteiger partial charge in [-0.05, 0) is 31.3 Å². The van der Waals surface area contributed by atoms with Gasteiger partial charge in [-0.2, -0.15) is 0 Å². The highest BCUT2D eigenvalue weighted by molar-refractivity contribution is 5.37. The van der Waals surface area contributed by atoms with Crippen LogP contribution in [0.1, 0.15) is 48.0 Å². The van der Waals surface area contributed by atoms with E-state index < -0.39 is 0 Å². The third kappa shape index (κ3) is 2.03. The zero-order chi connectivity index (χ0) is 11.9. The second-order valence-electron chi connectivity index (χ2n) is 5.95. The predicted octanol–water partition coefficient (Wildman–Crippen LogP) is 3.66. The van der Waals surface area contributed by atoms with E-state index in [-0.39, 0.29) is 16.9 Å². The molecule has 0 radical (unpaired) electrons. The molecule has 0 spiro atoms. The summed E-state index contributed by atoms with van der Waals surface area (Å²) >= 11 is 0. The van der Waals surface area contributed by atoms with Crippen LogP contribution in [0.15, 0.2) is 23.3 Å². The average Bonchev–Trinajstić information content (AvgIpc) is 2.10. The lowest BCUT2D eigenvalue weighted by molar-refractivity contribution is 0.226. The highest BCUT2D eigenvalue weighted by Gasteiger charge is 2.41. The summed E-state index contributed by atoms with van der Waals surface area (Å²) < 4.78 is 0. The minimum Gasteiger partial charge on any atom is -0.327 e. The van der Waals surface area contributed by atoms with Crippen LogP contribution in [0.4, 0.5) is 0 Å². The van der Waals surface area contributed by atoms with Gasteiger partial charge in [-0.15, -0.1) is 0 Å². The van der Waals surface area contributed by atoms with Crippen molar-refractivity contribution < 1.29 is 0 Å². The lowest BCUT2D eigenvalue weighted by atomic mass is 9.61. The second kappa shape index (κ2) is 3.79. The Morgan fingerprint density at radius 1 is 1.27 bits per heavy atom. The fourth-order valence-electron chi connectivity index (χ4n) is 2.51. The van der Waals surface area contributed by atoms with E-state index in [9.17, 15) is 0 Å². The topological polar surface area (TPSA) is 26.0 Å². The molecule has 0 heterocycles. The first-order valence-electron chi connectivity index (χ1n) is 5.83. The molecule has 0 aromatic heterocycles. The van der Waals surface area contributed by atoms with Crippen molar-refractivity contribution in [2.75, 3.05) is 0 Å². The van der Waals surface area contributed by atoms with Crippen LogP contribution in [-0.2, 0) is 0 Å². The standard InChI is InChI=1S/C14H25N/c1-7-8-11-10(2)13(3,4)9-12(15)14(11,5)6/h7-8,12H,9,15H2,1-6H3. The third-order valence-electron chi connectivity index (χ3n) is 4.10. The summed E-state index contributed by atoms with van der Waals surface area (Å²) in [5.74, 6) is 0. The van der Waals surface area contributed by atoms with Crippen molar-refractivity contribution in [2.24, 2.45) is 16.6 Å². The van der Waals surface area contributed by atoms with Crippen LogP contribution in [0.2, 0.25) is 0 Å². The van der Waals surface area contributed by atoms with Crippen molar-refractivity contribution in [1.29, 1.82) is 0 Å². The van der Waals surface area contributed by atoms with Crippen molar-refractivity contribution in [3.8, 4) is 0 Å². The summed E-state index contributed by atoms with van der Waals surface area (Å²) in [4.78, 5) is 0. The van der Waals surface area contributed by atoms with Gasteiger partial charge in [0.1, 0.15) is 0 Å². The molecule has 2 N–H and O–H groups in total. The molecule has 1 aliphatic carbocycles. The molecular formula is C14H25N. The minimum atomic E-state index is 0.103. The normalized spacial score (nSPS) is 29.9. The quantitative estimate of drug-likeness (QED) is 0.697. The number of hydrogen-bond acceptors (Lipinski definition) is 1. The molecule has 1 nitrogen and oxygen atoms in total. The fraction of sp³-hybridized carbons (Fsp3) is 0.714. The van der Waals surface area contributed by atoms with Crippen molar-refractivity contribution in [3.63, 3.8) is 0 Å². The van der Waals surface area contributed by atoms with Crippen LogP contribution in [-0.4, -0.2) is 6.04 Å². The van der Waals surface area contributed by atoms with Gasteiger partial charge in [-0.1, -0.05) is 45.4 Å². The molecule has 86 valence electrons. The van der Waals surface area contributed by atoms with E-state index in [0.717, 1.165) is 6.42 Å². The maximum Gasteiger partial charge on any atom is 0.0139 e. The van der Waals surface area contributed by atoms with E-state index in [1.165, 1.54) is 11.1 Å². The second-order valence-corrected chi connectivity index (χ2v) is 5.95. The van der Waals surface area contributed by atoms with Crippen molar-refractivity contribution >= 4 is 0 Å². The lowest BCUT2D eigenvalue weighted by Gasteiger charge is -2.46. The molecule has 0 fully saturated rings. The molecule has 0 aromatic carbocycles. The first-order chi connectivity index (χ1) is 6.73. The molecule has 1 rings (SSSR count). The van der Waals surface area contributed by atoms with Gasteiger partial charge in [-0.25, -0.2) is 0 Å². The third-order valence-corrected chi connectivity index (χ3v) is 4.10. The monoisotopic (exact) mass is 207 g/mol. The molecule has 1 aliphatic rings. The fourth-order valence-corrected chi connectivity index (χ4v) is 2.51. The zero-order valence-corrected chi connectivity index (χ0v) is 11.0. The molecule has 0 amide bonds. The summed E-state index contributed by atoms with van der Waals surface area (Å²) in [6.45, 7) is 13.4. The van der Waals surface area contributed by atoms with Crippen LogP contribution in [0, 0.1) is 10.8 Å². The molecule has 0 bridgehead atoms. The van der Waals surface area contributed by atoms with Crippen LogP contribution in [0.5, 0.6) is 0 Å². The van der Waals surface area contributed by atoms with E-state index in [1.807, 2.05) is 0 Å². The van der Waals surface area contributed by atoms with Crippen LogP contribution >= 0.6 is 0 Å². The van der Waals surface area contributed by atoms with Crippen LogP contribution in [0.3, 0.4) is 0 Å². The van der Waals surface area contributed by atoms with Gasteiger partial charge in [0.15, 0.2) is 0 Å². The molecule has 1 unspecified atom stereocenters. The first-order valence-corrected chi connectivity index (χ1v) is 5.83. The Labute approximate surface area is 94.4 Å². The summed E-state index contributed by atoms with van der Waals surface area (Å²) in [6, 6.07) is 0.252. The van der Waals surface area contributed by atoms with Crippen LogP contribution < -0.4 is 5.73 Å². The van der Waals surface area contributed by atoms with E-state index in [1.54, 1.807) is 0 Å². The number of hydrogen-bond donors (Lipinski definition) is 1. The van der Waals surface area contributed by atoms with Gasteiger partial charge in [-0.3, -0.25) is 0 Å². The van der Waals surface area contributed by atoms with Gasteiger partial charge in [0.2, 0.25) is 0 Å². The largest absolute Gasteiger partial charge is 0.327 e. The minimum absolute atomic E-state index is 0.103. The Hall–Kier alpha value is -0.560. The summed E-state index contributed by atoms with van der Waals surface area (Å²) in [7, 11) is 0. The number of rotatable bonds is 1. The van der Waals surface area contributed by atoms with E-state index >= 15 is 0 Å². The number of nitrogens with two attached hydrogens (primary N) is 1. The number of allylic oxidation sites excluding steroid dienone is 3. The summed E-state index contributed by atoms with van der Waals surface area (Å²) in [5, 5.41) is 0. The Morgan fingerprint density at radius 3 is 2.27 bits per heavy atom. The van der Waals surface area contributed by atoms with Gasteiger partial charge in [0.05, 0.1) is 0 Å². The van der Waals surface area contributed by atoms with Gasteiger partial charge in [0, 0.05) is 11.5 Å². The zero-order valence-electron chi connectivity index (χ0n) is 11.0. The van der Waals surface area contributed by atoms with E-state index in [2.05, 4.69) is 53.7 Å². The SMILES string of the molecule is CC=CC1=C(C)C(C)(C)CC(N)C1(C)C. The molecular weight excluding hydrogens is 182 g/mol. The van der Waals surface area contributed by atoms with Crippen molar-refractivity contribution in [3.05, 3.63) is 23.3 Å². The van der Waals surface area contributed by atoms with Crippen molar-refractivity contribution in [1.82, 2.24) is 0 Å². The smallest absolute Gasteiger partial charge is 0.0139 e. The molecule has 15 heavy (non-hydrogen) atoms. The molecule has 0 saturated heterocycles. The van der Waals surface area contributed by atoms with Gasteiger partial charge < -0.3 is 5.73 Å². The Morgan fingerprint density at radius 2 is 1.80 bits per heavy atom. The highest BCUT2D eigenvalue weighted by atomic mass is 14.7. The van der Waals surface area contributed by atoms with E-state index in [0.29, 0.717) is 0 Å². The average molecular weight is 207 g/mol.